The van der Waals surface area contributed by atoms with Crippen LogP contribution in [0.4, 0.5) is 0 Å². The van der Waals surface area contributed by atoms with E-state index in [1.54, 1.807) is 12.1 Å². The summed E-state index contributed by atoms with van der Waals surface area (Å²) in [6.45, 7) is 1.11. The zero-order valence-electron chi connectivity index (χ0n) is 8.60. The summed E-state index contributed by atoms with van der Waals surface area (Å²) < 4.78 is 4.32. The van der Waals surface area contributed by atoms with Crippen LogP contribution in [0.25, 0.3) is 0 Å². The Balaban J connectivity index is 2.84. The average Bonchev–Trinajstić information content (AvgIpc) is 2.16. The van der Waals surface area contributed by atoms with E-state index in [0.717, 1.165) is 6.92 Å². The maximum Gasteiger partial charge on any atom is 0.335 e. The summed E-state index contributed by atoms with van der Waals surface area (Å²) in [5, 5.41) is 8.84. The molecule has 0 saturated heterocycles. The predicted octanol–water partition coefficient (Wildman–Crippen LogP) is 1.02. The Morgan fingerprint density at radius 2 is 1.88 bits per heavy atom. The number of ether oxygens (including phenoxy) is 1. The van der Waals surface area contributed by atoms with Crippen molar-refractivity contribution >= 4 is 17.9 Å². The number of carbonyl (C=O) groups excluding carboxylic acids is 2. The Bertz CT molecular complexity index is 436. The van der Waals surface area contributed by atoms with Gasteiger partial charge < -0.3 is 9.84 Å². The van der Waals surface area contributed by atoms with E-state index in [1.165, 1.54) is 12.1 Å². The van der Waals surface area contributed by atoms with E-state index in [0.29, 0.717) is 5.56 Å². The quantitative estimate of drug-likeness (QED) is 0.610. The summed E-state index contributed by atoms with van der Waals surface area (Å²) in [5.74, 6) is -2.59. The number of rotatable bonds is 3. The van der Waals surface area contributed by atoms with Gasteiger partial charge in [-0.2, -0.15) is 0 Å². The lowest BCUT2D eigenvalue weighted by Gasteiger charge is -2.04. The largest absolute Gasteiger partial charge is 0.478 e. The van der Waals surface area contributed by atoms with E-state index < -0.39 is 17.9 Å². The fraction of sp³-hybridized carbons (Fsp3) is 0.182. The first-order chi connectivity index (χ1) is 7.50. The minimum atomic E-state index is -1.12. The molecule has 1 aromatic rings. The van der Waals surface area contributed by atoms with E-state index in [1.807, 2.05) is 0 Å². The monoisotopic (exact) mass is 222 g/mol. The first kappa shape index (κ1) is 11.9. The third-order valence-electron chi connectivity index (χ3n) is 1.84. The third-order valence-corrected chi connectivity index (χ3v) is 1.84. The molecule has 0 aliphatic rings. The zero-order chi connectivity index (χ0) is 12.1. The van der Waals surface area contributed by atoms with Gasteiger partial charge in [0.1, 0.15) is 0 Å². The van der Waals surface area contributed by atoms with Crippen LogP contribution in [-0.4, -0.2) is 23.0 Å². The van der Waals surface area contributed by atoms with Crippen molar-refractivity contribution in [2.24, 2.45) is 0 Å². The van der Waals surface area contributed by atoms with Crippen LogP contribution in [0.2, 0.25) is 0 Å². The molecule has 1 rings (SSSR count). The highest BCUT2D eigenvalue weighted by Gasteiger charge is 2.14. The van der Waals surface area contributed by atoms with Crippen LogP contribution in [0.5, 0.6) is 0 Å². The number of carboxylic acids is 1. The highest BCUT2D eigenvalue weighted by Crippen LogP contribution is 2.10. The first-order valence-corrected chi connectivity index (χ1v) is 4.53. The molecule has 0 aliphatic carbocycles. The normalized spacial score (nSPS) is 9.56. The number of hydrogen-bond donors (Lipinski definition) is 1. The smallest absolute Gasteiger partial charge is 0.335 e. The molecule has 1 N–H and O–H groups in total. The fourth-order valence-electron chi connectivity index (χ4n) is 1.23. The Labute approximate surface area is 91.6 Å². The van der Waals surface area contributed by atoms with Crippen molar-refractivity contribution in [3.05, 3.63) is 35.4 Å². The van der Waals surface area contributed by atoms with Gasteiger partial charge in [-0.1, -0.05) is 18.2 Å². The van der Waals surface area contributed by atoms with Crippen LogP contribution >= 0.6 is 0 Å². The van der Waals surface area contributed by atoms with Crippen molar-refractivity contribution in [1.29, 1.82) is 0 Å². The van der Waals surface area contributed by atoms with Crippen LogP contribution in [0.15, 0.2) is 24.3 Å². The molecule has 5 nitrogen and oxygen atoms in total. The second kappa shape index (κ2) is 5.06. The first-order valence-electron chi connectivity index (χ1n) is 4.53. The molecular weight excluding hydrogens is 212 g/mol. The molecule has 84 valence electrons. The van der Waals surface area contributed by atoms with Crippen LogP contribution < -0.4 is 0 Å². The highest BCUT2D eigenvalue weighted by molar-refractivity contribution is 5.92. The van der Waals surface area contributed by atoms with Gasteiger partial charge in [0, 0.05) is 6.92 Å². The average molecular weight is 222 g/mol. The number of carboxylic acid groups (broad SMARTS) is 1. The maximum atomic E-state index is 11.2. The van der Waals surface area contributed by atoms with Crippen molar-refractivity contribution < 1.29 is 24.2 Å². The van der Waals surface area contributed by atoms with E-state index >= 15 is 0 Å². The van der Waals surface area contributed by atoms with Gasteiger partial charge in [0.2, 0.25) is 0 Å². The zero-order valence-corrected chi connectivity index (χ0v) is 8.60. The molecular formula is C11H10O5. The summed E-state index contributed by atoms with van der Waals surface area (Å²) in [6, 6.07) is 6.07. The molecule has 0 unspecified atom stereocenters. The van der Waals surface area contributed by atoms with Crippen molar-refractivity contribution in [2.75, 3.05) is 0 Å². The van der Waals surface area contributed by atoms with Gasteiger partial charge >= 0.3 is 17.9 Å². The molecule has 16 heavy (non-hydrogen) atoms. The van der Waals surface area contributed by atoms with Gasteiger partial charge in [-0.25, -0.2) is 4.79 Å². The molecule has 0 saturated carbocycles. The lowest BCUT2D eigenvalue weighted by molar-refractivity contribution is -0.157. The van der Waals surface area contributed by atoms with Gasteiger partial charge in [0.25, 0.3) is 0 Å². The van der Waals surface area contributed by atoms with Crippen LogP contribution in [0.1, 0.15) is 22.8 Å². The second-order valence-corrected chi connectivity index (χ2v) is 3.10. The predicted molar refractivity (Wildman–Crippen MR) is 53.9 cm³/mol. The molecule has 1 aromatic carbocycles. The minimum absolute atomic E-state index is 0.0306. The van der Waals surface area contributed by atoms with Gasteiger partial charge in [-0.05, 0) is 11.6 Å². The van der Waals surface area contributed by atoms with Crippen molar-refractivity contribution in [3.8, 4) is 0 Å². The highest BCUT2D eigenvalue weighted by atomic mass is 16.6. The molecule has 0 bridgehead atoms. The Morgan fingerprint density at radius 3 is 2.44 bits per heavy atom. The number of hydrogen-bond acceptors (Lipinski definition) is 4. The number of benzene rings is 1. The lowest BCUT2D eigenvalue weighted by Crippen LogP contribution is -2.14. The second-order valence-electron chi connectivity index (χ2n) is 3.10. The van der Waals surface area contributed by atoms with Gasteiger partial charge in [0.15, 0.2) is 0 Å². The molecule has 0 heterocycles. The van der Waals surface area contributed by atoms with E-state index in [2.05, 4.69) is 4.74 Å². The van der Waals surface area contributed by atoms with Crippen molar-refractivity contribution in [1.82, 2.24) is 0 Å². The lowest BCUT2D eigenvalue weighted by atomic mass is 10.1. The van der Waals surface area contributed by atoms with Crippen LogP contribution in [-0.2, 0) is 20.7 Å². The van der Waals surface area contributed by atoms with Crippen molar-refractivity contribution in [3.63, 3.8) is 0 Å². The molecule has 0 radical (unpaired) electrons. The summed E-state index contributed by atoms with van der Waals surface area (Å²) in [7, 11) is 0. The Morgan fingerprint density at radius 1 is 1.25 bits per heavy atom. The van der Waals surface area contributed by atoms with Crippen LogP contribution in [0, 0.1) is 0 Å². The van der Waals surface area contributed by atoms with Crippen molar-refractivity contribution in [2.45, 2.75) is 13.3 Å². The third kappa shape index (κ3) is 3.20. The van der Waals surface area contributed by atoms with E-state index in [4.69, 9.17) is 5.11 Å². The molecule has 0 aliphatic heterocycles. The van der Waals surface area contributed by atoms with Gasteiger partial charge in [-0.15, -0.1) is 0 Å². The Kier molecular flexibility index (Phi) is 3.77. The summed E-state index contributed by atoms with van der Waals surface area (Å²) >= 11 is 0. The van der Waals surface area contributed by atoms with E-state index in [9.17, 15) is 14.4 Å². The maximum absolute atomic E-state index is 11.2. The fourth-order valence-corrected chi connectivity index (χ4v) is 1.23. The standard InChI is InChI=1S/C11H10O5/c1-7(12)16-10(13)6-8-4-2-3-5-9(8)11(14)15/h2-5H,6H2,1H3,(H,14,15). The molecule has 0 atom stereocenters. The van der Waals surface area contributed by atoms with E-state index in [-0.39, 0.29) is 12.0 Å². The van der Waals surface area contributed by atoms with Gasteiger partial charge in [-0.3, -0.25) is 9.59 Å². The van der Waals surface area contributed by atoms with Gasteiger partial charge in [0.05, 0.1) is 12.0 Å². The summed E-state index contributed by atoms with van der Waals surface area (Å²) in [4.78, 5) is 32.5. The molecule has 0 amide bonds. The van der Waals surface area contributed by atoms with Crippen LogP contribution in [0.3, 0.4) is 0 Å². The molecule has 5 heteroatoms. The number of esters is 2. The molecule has 0 spiro atoms. The SMILES string of the molecule is CC(=O)OC(=O)Cc1ccccc1C(=O)O. The number of carbonyl (C=O) groups is 3. The number of aromatic carboxylic acids is 1. The molecule has 0 aromatic heterocycles. The topological polar surface area (TPSA) is 80.7 Å². The summed E-state index contributed by atoms with van der Waals surface area (Å²) in [6.07, 6.45) is -0.234. The summed E-state index contributed by atoms with van der Waals surface area (Å²) in [5.41, 5.74) is 0.351. The minimum Gasteiger partial charge on any atom is -0.478 e. The molecule has 0 fully saturated rings. The Hall–Kier alpha value is -2.17.